The van der Waals surface area contributed by atoms with Crippen molar-refractivity contribution in [1.29, 1.82) is 0 Å². The second-order valence-corrected chi connectivity index (χ2v) is 7.72. The van der Waals surface area contributed by atoms with Gasteiger partial charge in [-0.05, 0) is 30.7 Å². The van der Waals surface area contributed by atoms with Gasteiger partial charge < -0.3 is 24.6 Å². The van der Waals surface area contributed by atoms with Gasteiger partial charge in [-0.15, -0.1) is 0 Å². The number of aryl methyl sites for hydroxylation is 2. The standard InChI is InChI=1S/C21H23N5O2.C2HF3O2/c1-15-4-3-5-18(10-15)24-20(27)19-11-16(14-25(19)2)17-12-22-21(23-13-17)26-6-8-28-9-7-26;3-2(4,5)1(6)7/h3-5,10-14H,6-9H2,1-2H3,(H,24,27);(H,6,7). The van der Waals surface area contributed by atoms with Gasteiger partial charge in [0.1, 0.15) is 5.69 Å². The number of carboxylic acids is 1. The van der Waals surface area contributed by atoms with Crippen LogP contribution < -0.4 is 10.2 Å². The Morgan fingerprint density at radius 3 is 2.29 bits per heavy atom. The fraction of sp³-hybridized carbons (Fsp3) is 0.304. The summed E-state index contributed by atoms with van der Waals surface area (Å²) >= 11 is 0. The first-order valence-electron chi connectivity index (χ1n) is 10.5. The minimum absolute atomic E-state index is 0.148. The van der Waals surface area contributed by atoms with E-state index >= 15 is 0 Å². The van der Waals surface area contributed by atoms with E-state index in [0.717, 1.165) is 35.5 Å². The summed E-state index contributed by atoms with van der Waals surface area (Å²) in [5, 5.41) is 10.1. The smallest absolute Gasteiger partial charge is 0.475 e. The first-order valence-corrected chi connectivity index (χ1v) is 10.5. The Kier molecular flexibility index (Phi) is 8.07. The lowest BCUT2D eigenvalue weighted by Gasteiger charge is -2.26. The molecule has 35 heavy (non-hydrogen) atoms. The normalized spacial score (nSPS) is 13.6. The fourth-order valence-electron chi connectivity index (χ4n) is 3.26. The Labute approximate surface area is 199 Å². The Morgan fingerprint density at radius 2 is 1.71 bits per heavy atom. The summed E-state index contributed by atoms with van der Waals surface area (Å²) in [6, 6.07) is 9.61. The molecular formula is C23H24F3N5O4. The number of alkyl halides is 3. The lowest BCUT2D eigenvalue weighted by atomic mass is 10.2. The molecule has 0 radical (unpaired) electrons. The average Bonchev–Trinajstić information content (AvgIpc) is 3.21. The van der Waals surface area contributed by atoms with E-state index in [4.69, 9.17) is 14.6 Å². The molecule has 0 saturated carbocycles. The average molecular weight is 491 g/mol. The Bertz CT molecular complexity index is 1170. The summed E-state index contributed by atoms with van der Waals surface area (Å²) < 4.78 is 38.9. The molecule has 4 rings (SSSR count). The third-order valence-electron chi connectivity index (χ3n) is 5.02. The molecule has 1 amide bonds. The van der Waals surface area contributed by atoms with E-state index in [1.165, 1.54) is 0 Å². The van der Waals surface area contributed by atoms with Crippen LogP contribution in [0.1, 0.15) is 16.1 Å². The number of hydrogen-bond acceptors (Lipinski definition) is 6. The summed E-state index contributed by atoms with van der Waals surface area (Å²) in [6.07, 6.45) is 0.434. The highest BCUT2D eigenvalue weighted by molar-refractivity contribution is 6.04. The summed E-state index contributed by atoms with van der Waals surface area (Å²) in [5.74, 6) is -2.20. The van der Waals surface area contributed by atoms with Gasteiger partial charge in [-0.25, -0.2) is 14.8 Å². The second kappa shape index (κ2) is 11.0. The number of nitrogens with one attached hydrogen (secondary N) is 1. The van der Waals surface area contributed by atoms with Crippen LogP contribution in [0, 0.1) is 6.92 Å². The largest absolute Gasteiger partial charge is 0.490 e. The topological polar surface area (TPSA) is 110 Å². The molecule has 9 nitrogen and oxygen atoms in total. The zero-order chi connectivity index (χ0) is 25.6. The highest BCUT2D eigenvalue weighted by Gasteiger charge is 2.38. The van der Waals surface area contributed by atoms with Crippen molar-refractivity contribution < 1.29 is 32.6 Å². The number of anilines is 2. The van der Waals surface area contributed by atoms with Crippen LogP contribution in [-0.2, 0) is 16.6 Å². The summed E-state index contributed by atoms with van der Waals surface area (Å²) in [5.41, 5.74) is 4.25. The van der Waals surface area contributed by atoms with Crippen molar-refractivity contribution in [2.45, 2.75) is 13.1 Å². The summed E-state index contributed by atoms with van der Waals surface area (Å²) in [4.78, 5) is 32.7. The Morgan fingerprint density at radius 1 is 1.09 bits per heavy atom. The van der Waals surface area contributed by atoms with E-state index < -0.39 is 12.1 Å². The lowest BCUT2D eigenvalue weighted by molar-refractivity contribution is -0.192. The van der Waals surface area contributed by atoms with Gasteiger partial charge in [-0.1, -0.05) is 12.1 Å². The number of rotatable bonds is 4. The van der Waals surface area contributed by atoms with Crippen molar-refractivity contribution in [3.8, 4) is 11.1 Å². The molecular weight excluding hydrogens is 467 g/mol. The van der Waals surface area contributed by atoms with E-state index in [1.54, 1.807) is 12.4 Å². The van der Waals surface area contributed by atoms with Crippen molar-refractivity contribution in [1.82, 2.24) is 14.5 Å². The molecule has 3 aromatic rings. The van der Waals surface area contributed by atoms with E-state index in [9.17, 15) is 18.0 Å². The number of aliphatic carboxylic acids is 1. The monoisotopic (exact) mass is 491 g/mol. The molecule has 0 aliphatic carbocycles. The molecule has 3 heterocycles. The molecule has 1 aromatic carbocycles. The highest BCUT2D eigenvalue weighted by atomic mass is 19.4. The van der Waals surface area contributed by atoms with Crippen LogP contribution in [0.15, 0.2) is 48.9 Å². The molecule has 12 heteroatoms. The number of morpholine rings is 1. The zero-order valence-corrected chi connectivity index (χ0v) is 19.0. The lowest BCUT2D eigenvalue weighted by Crippen LogP contribution is -2.37. The van der Waals surface area contributed by atoms with Gasteiger partial charge in [-0.3, -0.25) is 4.79 Å². The number of carboxylic acid groups (broad SMARTS) is 1. The van der Waals surface area contributed by atoms with Crippen molar-refractivity contribution in [2.75, 3.05) is 36.5 Å². The minimum Gasteiger partial charge on any atom is -0.475 e. The predicted molar refractivity (Wildman–Crippen MR) is 122 cm³/mol. The number of benzene rings is 1. The van der Waals surface area contributed by atoms with Crippen LogP contribution in [0.3, 0.4) is 0 Å². The Hall–Kier alpha value is -3.93. The third kappa shape index (κ3) is 7.03. The van der Waals surface area contributed by atoms with Crippen molar-refractivity contribution >= 4 is 23.5 Å². The van der Waals surface area contributed by atoms with Gasteiger partial charge in [0.05, 0.1) is 13.2 Å². The number of halogens is 3. The zero-order valence-electron chi connectivity index (χ0n) is 19.0. The number of aromatic nitrogens is 3. The van der Waals surface area contributed by atoms with Crippen molar-refractivity contribution in [3.05, 3.63) is 60.2 Å². The molecule has 1 aliphatic rings. The number of amides is 1. The maximum absolute atomic E-state index is 12.7. The van der Waals surface area contributed by atoms with Gasteiger partial charge in [0, 0.05) is 55.5 Å². The first-order chi connectivity index (χ1) is 16.5. The van der Waals surface area contributed by atoms with Crippen LogP contribution in [0.2, 0.25) is 0 Å². The van der Waals surface area contributed by atoms with Crippen molar-refractivity contribution in [3.63, 3.8) is 0 Å². The van der Waals surface area contributed by atoms with Gasteiger partial charge in [0.2, 0.25) is 5.95 Å². The number of ether oxygens (including phenoxy) is 1. The molecule has 1 aliphatic heterocycles. The van der Waals surface area contributed by atoms with Crippen LogP contribution in [0.5, 0.6) is 0 Å². The third-order valence-corrected chi connectivity index (χ3v) is 5.02. The van der Waals surface area contributed by atoms with E-state index in [1.807, 2.05) is 55.1 Å². The predicted octanol–water partition coefficient (Wildman–Crippen LogP) is 3.51. The quantitative estimate of drug-likeness (QED) is 0.575. The van der Waals surface area contributed by atoms with Gasteiger partial charge in [-0.2, -0.15) is 13.2 Å². The highest BCUT2D eigenvalue weighted by Crippen LogP contribution is 2.23. The van der Waals surface area contributed by atoms with E-state index in [0.29, 0.717) is 24.9 Å². The SMILES string of the molecule is Cc1cccc(NC(=O)c2cc(-c3cnc(N4CCOCC4)nc3)cn2C)c1.O=C(O)C(F)(F)F. The van der Waals surface area contributed by atoms with E-state index in [2.05, 4.69) is 20.2 Å². The number of hydrogen-bond donors (Lipinski definition) is 2. The molecule has 2 N–H and O–H groups in total. The van der Waals surface area contributed by atoms with Gasteiger partial charge in [0.15, 0.2) is 0 Å². The van der Waals surface area contributed by atoms with Crippen molar-refractivity contribution in [2.24, 2.45) is 7.05 Å². The van der Waals surface area contributed by atoms with Crippen LogP contribution >= 0.6 is 0 Å². The fourth-order valence-corrected chi connectivity index (χ4v) is 3.26. The maximum atomic E-state index is 12.7. The van der Waals surface area contributed by atoms with Gasteiger partial charge >= 0.3 is 12.1 Å². The van der Waals surface area contributed by atoms with Crippen LogP contribution in [0.25, 0.3) is 11.1 Å². The molecule has 0 unspecified atom stereocenters. The minimum atomic E-state index is -5.08. The first kappa shape index (κ1) is 25.7. The molecule has 1 fully saturated rings. The molecule has 0 atom stereocenters. The van der Waals surface area contributed by atoms with E-state index in [-0.39, 0.29) is 5.91 Å². The van der Waals surface area contributed by atoms with Crippen LogP contribution in [0.4, 0.5) is 24.8 Å². The molecule has 1 saturated heterocycles. The number of carbonyl (C=O) groups excluding carboxylic acids is 1. The maximum Gasteiger partial charge on any atom is 0.490 e. The molecule has 0 bridgehead atoms. The molecule has 186 valence electrons. The number of carbonyl (C=O) groups is 2. The molecule has 2 aromatic heterocycles. The number of nitrogens with zero attached hydrogens (tertiary/aromatic N) is 4. The van der Waals surface area contributed by atoms with Crippen LogP contribution in [-0.4, -0.2) is 64.0 Å². The summed E-state index contributed by atoms with van der Waals surface area (Å²) in [6.45, 7) is 4.99. The second-order valence-electron chi connectivity index (χ2n) is 7.72. The summed E-state index contributed by atoms with van der Waals surface area (Å²) in [7, 11) is 1.86. The van der Waals surface area contributed by atoms with Gasteiger partial charge in [0.25, 0.3) is 5.91 Å². The molecule has 0 spiro atoms. The Balaban J connectivity index is 0.000000429.